The summed E-state index contributed by atoms with van der Waals surface area (Å²) in [6, 6.07) is 9.48. The first kappa shape index (κ1) is 19.3. The zero-order chi connectivity index (χ0) is 16.6. The molecular formula is C15H17Cl3O4. The maximum absolute atomic E-state index is 11.5. The number of aliphatic hydroxyl groups excluding tert-OH is 1. The third-order valence-corrected chi connectivity index (χ3v) is 2.89. The maximum atomic E-state index is 11.5. The molecule has 0 aliphatic rings. The van der Waals surface area contributed by atoms with E-state index in [4.69, 9.17) is 44.3 Å². The van der Waals surface area contributed by atoms with Crippen molar-refractivity contribution in [3.63, 3.8) is 0 Å². The molecule has 0 aliphatic carbocycles. The van der Waals surface area contributed by atoms with E-state index in [0.29, 0.717) is 6.61 Å². The Balaban J connectivity index is 2.49. The highest BCUT2D eigenvalue weighted by Gasteiger charge is 2.21. The normalized spacial score (nSPS) is 14.8. The molecule has 1 N–H and O–H groups in total. The molecule has 122 valence electrons. The minimum absolute atomic E-state index is 0.309. The number of hydrogen-bond acceptors (Lipinski definition) is 4. The van der Waals surface area contributed by atoms with Gasteiger partial charge in [0.25, 0.3) is 0 Å². The number of hydrogen-bond donors (Lipinski definition) is 1. The second-order valence-corrected chi connectivity index (χ2v) is 7.10. The molecule has 1 aromatic carbocycles. The van der Waals surface area contributed by atoms with E-state index in [1.54, 1.807) is 6.92 Å². The highest BCUT2D eigenvalue weighted by atomic mass is 35.6. The Kier molecular flexibility index (Phi) is 8.21. The first-order valence-corrected chi connectivity index (χ1v) is 7.66. The quantitative estimate of drug-likeness (QED) is 0.456. The van der Waals surface area contributed by atoms with Gasteiger partial charge < -0.3 is 14.6 Å². The molecule has 0 aromatic heterocycles. The zero-order valence-electron chi connectivity index (χ0n) is 11.9. The zero-order valence-corrected chi connectivity index (χ0v) is 14.2. The summed E-state index contributed by atoms with van der Waals surface area (Å²) < 4.78 is 8.65. The van der Waals surface area contributed by atoms with Gasteiger partial charge in [0.1, 0.15) is 12.7 Å². The minimum Gasteiger partial charge on any atom is -0.458 e. The van der Waals surface area contributed by atoms with E-state index in [9.17, 15) is 9.90 Å². The van der Waals surface area contributed by atoms with Crippen LogP contribution in [0.1, 0.15) is 12.5 Å². The fraction of sp³-hybridized carbons (Fsp3) is 0.400. The van der Waals surface area contributed by atoms with Gasteiger partial charge in [-0.2, -0.15) is 0 Å². The highest BCUT2D eigenvalue weighted by molar-refractivity contribution is 6.67. The molecule has 0 heterocycles. The lowest BCUT2D eigenvalue weighted by Gasteiger charge is -2.17. The molecule has 7 heteroatoms. The van der Waals surface area contributed by atoms with Gasteiger partial charge in [0.05, 0.1) is 12.7 Å². The fourth-order valence-electron chi connectivity index (χ4n) is 1.50. The molecule has 0 aliphatic heterocycles. The van der Waals surface area contributed by atoms with E-state index in [-0.39, 0.29) is 6.61 Å². The number of rotatable bonds is 7. The van der Waals surface area contributed by atoms with Crippen LogP contribution < -0.4 is 0 Å². The van der Waals surface area contributed by atoms with Crippen molar-refractivity contribution in [2.45, 2.75) is 29.5 Å². The van der Waals surface area contributed by atoms with E-state index >= 15 is 0 Å². The average molecular weight is 368 g/mol. The number of ether oxygens (including phenoxy) is 2. The van der Waals surface area contributed by atoms with Crippen LogP contribution in [0.25, 0.3) is 0 Å². The van der Waals surface area contributed by atoms with Crippen molar-refractivity contribution in [3.8, 4) is 0 Å². The lowest BCUT2D eigenvalue weighted by atomic mass is 10.2. The van der Waals surface area contributed by atoms with Gasteiger partial charge in [-0.1, -0.05) is 65.1 Å². The SMILES string of the molecule is C[C@@H](O)[C@H](/C=C/C(=O)OCC(Cl)(Cl)Cl)OCc1ccccc1. The number of halogens is 3. The van der Waals surface area contributed by atoms with Crippen molar-refractivity contribution in [1.82, 2.24) is 0 Å². The van der Waals surface area contributed by atoms with Crippen LogP contribution in [0.15, 0.2) is 42.5 Å². The number of benzene rings is 1. The van der Waals surface area contributed by atoms with Crippen molar-refractivity contribution < 1.29 is 19.4 Å². The minimum atomic E-state index is -1.66. The Morgan fingerprint density at radius 2 is 1.95 bits per heavy atom. The van der Waals surface area contributed by atoms with Crippen LogP contribution in [-0.4, -0.2) is 33.7 Å². The number of carbonyl (C=O) groups excluding carboxylic acids is 1. The molecule has 4 nitrogen and oxygen atoms in total. The Morgan fingerprint density at radius 1 is 1.32 bits per heavy atom. The van der Waals surface area contributed by atoms with Crippen LogP contribution in [-0.2, 0) is 20.9 Å². The Hall–Kier alpha value is -0.780. The number of carbonyl (C=O) groups is 1. The molecule has 0 saturated heterocycles. The summed E-state index contributed by atoms with van der Waals surface area (Å²) >= 11 is 16.4. The largest absolute Gasteiger partial charge is 0.458 e. The van der Waals surface area contributed by atoms with Crippen molar-refractivity contribution >= 4 is 40.8 Å². The number of aliphatic hydroxyl groups is 1. The smallest absolute Gasteiger partial charge is 0.330 e. The van der Waals surface area contributed by atoms with Gasteiger partial charge in [-0.25, -0.2) is 4.79 Å². The summed E-state index contributed by atoms with van der Waals surface area (Å²) in [7, 11) is 0. The third kappa shape index (κ3) is 8.61. The molecule has 0 spiro atoms. The summed E-state index contributed by atoms with van der Waals surface area (Å²) in [4.78, 5) is 11.5. The molecule has 0 amide bonds. The van der Waals surface area contributed by atoms with Gasteiger partial charge in [0.15, 0.2) is 0 Å². The van der Waals surface area contributed by atoms with E-state index in [1.807, 2.05) is 30.3 Å². The van der Waals surface area contributed by atoms with E-state index < -0.39 is 22.0 Å². The van der Waals surface area contributed by atoms with Gasteiger partial charge in [-0.3, -0.25) is 0 Å². The van der Waals surface area contributed by atoms with Gasteiger partial charge in [0.2, 0.25) is 3.79 Å². The lowest BCUT2D eigenvalue weighted by molar-refractivity contribution is -0.137. The van der Waals surface area contributed by atoms with E-state index in [1.165, 1.54) is 6.08 Å². The Bertz CT molecular complexity index is 483. The number of esters is 1. The number of alkyl halides is 3. The average Bonchev–Trinajstić information content (AvgIpc) is 2.45. The predicted octanol–water partition coefficient (Wildman–Crippen LogP) is 3.42. The van der Waals surface area contributed by atoms with Crippen LogP contribution in [0.4, 0.5) is 0 Å². The molecule has 0 saturated carbocycles. The molecule has 0 radical (unpaired) electrons. The summed E-state index contributed by atoms with van der Waals surface area (Å²) in [6.07, 6.45) is 1.11. The van der Waals surface area contributed by atoms with E-state index in [2.05, 4.69) is 0 Å². The summed E-state index contributed by atoms with van der Waals surface area (Å²) in [6.45, 7) is 1.52. The highest BCUT2D eigenvalue weighted by Crippen LogP contribution is 2.25. The second-order valence-electron chi connectivity index (χ2n) is 4.58. The van der Waals surface area contributed by atoms with Crippen molar-refractivity contribution in [2.24, 2.45) is 0 Å². The molecule has 1 rings (SSSR count). The third-order valence-electron chi connectivity index (χ3n) is 2.56. The van der Waals surface area contributed by atoms with Crippen LogP contribution in [0.5, 0.6) is 0 Å². The van der Waals surface area contributed by atoms with Gasteiger partial charge in [-0.15, -0.1) is 0 Å². The Labute approximate surface area is 144 Å². The molecule has 0 unspecified atom stereocenters. The predicted molar refractivity (Wildman–Crippen MR) is 87.1 cm³/mol. The van der Waals surface area contributed by atoms with Crippen molar-refractivity contribution in [3.05, 3.63) is 48.0 Å². The summed E-state index contributed by atoms with van der Waals surface area (Å²) in [5.74, 6) is -0.680. The topological polar surface area (TPSA) is 55.8 Å². The lowest BCUT2D eigenvalue weighted by Crippen LogP contribution is -2.24. The standard InChI is InChI=1S/C15H17Cl3O4/c1-11(19)13(21-9-12-5-3-2-4-6-12)7-8-14(20)22-10-15(16,17)18/h2-8,11,13,19H,9-10H2,1H3/b8-7+/t11-,13+/m1/s1. The molecule has 0 fully saturated rings. The first-order valence-electron chi connectivity index (χ1n) is 6.53. The van der Waals surface area contributed by atoms with Gasteiger partial charge in [0, 0.05) is 6.08 Å². The van der Waals surface area contributed by atoms with E-state index in [0.717, 1.165) is 11.6 Å². The van der Waals surface area contributed by atoms with Crippen molar-refractivity contribution in [1.29, 1.82) is 0 Å². The molecule has 0 bridgehead atoms. The van der Waals surface area contributed by atoms with Crippen LogP contribution in [0, 0.1) is 0 Å². The maximum Gasteiger partial charge on any atom is 0.330 e. The summed E-state index contributed by atoms with van der Waals surface area (Å²) in [5.41, 5.74) is 0.959. The monoisotopic (exact) mass is 366 g/mol. The summed E-state index contributed by atoms with van der Waals surface area (Å²) in [5, 5.41) is 9.67. The van der Waals surface area contributed by atoms with Gasteiger partial charge >= 0.3 is 5.97 Å². The molecule has 2 atom stereocenters. The van der Waals surface area contributed by atoms with Crippen LogP contribution in [0.2, 0.25) is 0 Å². The molecule has 22 heavy (non-hydrogen) atoms. The first-order chi connectivity index (χ1) is 10.3. The fourth-order valence-corrected chi connectivity index (χ4v) is 1.66. The Morgan fingerprint density at radius 3 is 2.50 bits per heavy atom. The second kappa shape index (κ2) is 9.38. The molecule has 1 aromatic rings. The van der Waals surface area contributed by atoms with Gasteiger partial charge in [-0.05, 0) is 18.6 Å². The van der Waals surface area contributed by atoms with Crippen LogP contribution >= 0.6 is 34.8 Å². The van der Waals surface area contributed by atoms with Crippen molar-refractivity contribution in [2.75, 3.05) is 6.61 Å². The molecular weight excluding hydrogens is 351 g/mol. The van der Waals surface area contributed by atoms with Crippen LogP contribution in [0.3, 0.4) is 0 Å².